The molecule has 0 N–H and O–H groups in total. The lowest BCUT2D eigenvalue weighted by atomic mass is 9.81. The molecular formula is C22H32O4S. The van der Waals surface area contributed by atoms with Crippen molar-refractivity contribution in [1.29, 1.82) is 0 Å². The zero-order valence-corrected chi connectivity index (χ0v) is 17.0. The Morgan fingerprint density at radius 1 is 0.889 bits per heavy atom. The normalized spacial score (nSPS) is 27.0. The Labute approximate surface area is 163 Å². The Hall–Kier alpha value is -1.07. The van der Waals surface area contributed by atoms with Crippen LogP contribution in [0.2, 0.25) is 0 Å². The third-order valence-electron chi connectivity index (χ3n) is 6.70. The van der Waals surface area contributed by atoms with Gasteiger partial charge in [-0.15, -0.1) is 0 Å². The minimum atomic E-state index is -2.94. The second-order valence-corrected chi connectivity index (χ2v) is 10.9. The molecule has 1 aliphatic heterocycles. The summed E-state index contributed by atoms with van der Waals surface area (Å²) in [6.07, 6.45) is 7.84. The molecular weight excluding hydrogens is 360 g/mol. The zero-order valence-electron chi connectivity index (χ0n) is 16.1. The van der Waals surface area contributed by atoms with E-state index in [0.29, 0.717) is 35.9 Å². The van der Waals surface area contributed by atoms with Crippen LogP contribution in [0.3, 0.4) is 0 Å². The van der Waals surface area contributed by atoms with E-state index in [1.165, 1.54) is 18.4 Å². The van der Waals surface area contributed by atoms with E-state index in [1.54, 1.807) is 0 Å². The lowest BCUT2D eigenvalue weighted by Crippen LogP contribution is -2.33. The van der Waals surface area contributed by atoms with Gasteiger partial charge in [0.1, 0.15) is 5.75 Å². The van der Waals surface area contributed by atoms with Crippen molar-refractivity contribution in [2.24, 2.45) is 17.8 Å². The van der Waals surface area contributed by atoms with Gasteiger partial charge in [0.15, 0.2) is 9.84 Å². The fourth-order valence-corrected chi connectivity index (χ4v) is 6.88. The number of hydrogen-bond acceptors (Lipinski definition) is 4. The van der Waals surface area contributed by atoms with Crippen molar-refractivity contribution in [2.45, 2.75) is 50.9 Å². The summed E-state index contributed by atoms with van der Waals surface area (Å²) in [5, 5.41) is 0. The number of ether oxygens (including phenoxy) is 2. The zero-order chi connectivity index (χ0) is 18.7. The lowest BCUT2D eigenvalue weighted by molar-refractivity contribution is 0.00839. The van der Waals surface area contributed by atoms with Gasteiger partial charge in [-0.2, -0.15) is 0 Å². The van der Waals surface area contributed by atoms with E-state index in [4.69, 9.17) is 9.47 Å². The van der Waals surface area contributed by atoms with Crippen LogP contribution in [0.1, 0.15) is 56.4 Å². The predicted molar refractivity (Wildman–Crippen MR) is 107 cm³/mol. The Bertz CT molecular complexity index is 704. The van der Waals surface area contributed by atoms with Gasteiger partial charge in [-0.25, -0.2) is 8.42 Å². The summed E-state index contributed by atoms with van der Waals surface area (Å²) in [6, 6.07) is 8.34. The number of hydrogen-bond donors (Lipinski definition) is 0. The molecule has 0 unspecified atom stereocenters. The van der Waals surface area contributed by atoms with E-state index in [2.05, 4.69) is 12.1 Å². The Morgan fingerprint density at radius 2 is 1.59 bits per heavy atom. The first-order valence-corrected chi connectivity index (χ1v) is 12.4. The summed E-state index contributed by atoms with van der Waals surface area (Å²) < 4.78 is 36.5. The van der Waals surface area contributed by atoms with Crippen LogP contribution in [0.4, 0.5) is 0 Å². The minimum absolute atomic E-state index is 0.259. The first-order valence-electron chi connectivity index (χ1n) is 10.6. The van der Waals surface area contributed by atoms with Crippen molar-refractivity contribution in [1.82, 2.24) is 0 Å². The summed E-state index contributed by atoms with van der Waals surface area (Å²) in [6.45, 7) is 2.27. The molecule has 0 amide bonds. The molecule has 0 aromatic heterocycles. The maximum Gasteiger partial charge on any atom is 0.150 e. The first kappa shape index (κ1) is 19.3. The molecule has 1 aromatic rings. The summed E-state index contributed by atoms with van der Waals surface area (Å²) in [5.41, 5.74) is 1.31. The molecule has 2 aliphatic carbocycles. The standard InChI is InChI=1S/C22H32O4S/c23-27(24,15-17-4-3-5-17)16-20-7-2-1-6-19(20)14-26-22-10-8-18(9-11-22)21-12-25-13-21/h8-11,17,19-21H,1-7,12-16H2/t19-,20-/m1/s1. The van der Waals surface area contributed by atoms with E-state index >= 15 is 0 Å². The van der Waals surface area contributed by atoms with Crippen molar-refractivity contribution in [3.63, 3.8) is 0 Å². The van der Waals surface area contributed by atoms with E-state index in [0.717, 1.165) is 51.1 Å². The van der Waals surface area contributed by atoms with Crippen molar-refractivity contribution in [3.8, 4) is 5.75 Å². The molecule has 1 aromatic carbocycles. The van der Waals surface area contributed by atoms with Crippen LogP contribution in [-0.2, 0) is 14.6 Å². The molecule has 1 heterocycles. The molecule has 2 atom stereocenters. The van der Waals surface area contributed by atoms with Crippen molar-refractivity contribution >= 4 is 9.84 Å². The SMILES string of the molecule is O=S(=O)(CC1CCC1)C[C@H]1CCCC[C@@H]1COc1ccc(C2COC2)cc1. The molecule has 1 saturated heterocycles. The largest absolute Gasteiger partial charge is 0.493 e. The van der Waals surface area contributed by atoms with Crippen LogP contribution in [0, 0.1) is 17.8 Å². The molecule has 4 rings (SSSR count). The van der Waals surface area contributed by atoms with Crippen LogP contribution in [-0.4, -0.2) is 39.7 Å². The average molecular weight is 393 g/mol. The maximum absolute atomic E-state index is 12.6. The monoisotopic (exact) mass is 392 g/mol. The molecule has 3 fully saturated rings. The highest BCUT2D eigenvalue weighted by molar-refractivity contribution is 7.91. The molecule has 4 nitrogen and oxygen atoms in total. The van der Waals surface area contributed by atoms with E-state index in [1.807, 2.05) is 12.1 Å². The van der Waals surface area contributed by atoms with E-state index in [-0.39, 0.29) is 5.92 Å². The summed E-state index contributed by atoms with van der Waals surface area (Å²) >= 11 is 0. The van der Waals surface area contributed by atoms with Crippen molar-refractivity contribution in [2.75, 3.05) is 31.3 Å². The molecule has 0 bridgehead atoms. The van der Waals surface area contributed by atoms with Gasteiger partial charge in [-0.3, -0.25) is 0 Å². The van der Waals surface area contributed by atoms with Crippen LogP contribution < -0.4 is 4.74 Å². The van der Waals surface area contributed by atoms with Gasteiger partial charge in [-0.1, -0.05) is 31.4 Å². The third-order valence-corrected chi connectivity index (χ3v) is 8.62. The fraction of sp³-hybridized carbons (Fsp3) is 0.727. The van der Waals surface area contributed by atoms with E-state index < -0.39 is 9.84 Å². The topological polar surface area (TPSA) is 52.6 Å². The van der Waals surface area contributed by atoms with Crippen LogP contribution in [0.5, 0.6) is 5.75 Å². The van der Waals surface area contributed by atoms with Gasteiger partial charge in [0.05, 0.1) is 31.3 Å². The van der Waals surface area contributed by atoms with Gasteiger partial charge in [0.2, 0.25) is 0 Å². The van der Waals surface area contributed by atoms with Crippen molar-refractivity contribution < 1.29 is 17.9 Å². The molecule has 3 aliphatic rings. The van der Waals surface area contributed by atoms with Gasteiger partial charge in [0.25, 0.3) is 0 Å². The van der Waals surface area contributed by atoms with Crippen LogP contribution in [0.15, 0.2) is 24.3 Å². The van der Waals surface area contributed by atoms with E-state index in [9.17, 15) is 8.42 Å². The fourth-order valence-electron chi connectivity index (χ4n) is 4.60. The highest BCUT2D eigenvalue weighted by atomic mass is 32.2. The quantitative estimate of drug-likeness (QED) is 0.665. The Kier molecular flexibility index (Phi) is 6.08. The van der Waals surface area contributed by atoms with Gasteiger partial charge in [0, 0.05) is 5.92 Å². The van der Waals surface area contributed by atoms with Gasteiger partial charge in [-0.05, 0) is 61.1 Å². The summed E-state index contributed by atoms with van der Waals surface area (Å²) in [4.78, 5) is 0. The first-order chi connectivity index (χ1) is 13.1. The second-order valence-electron chi connectivity index (χ2n) is 8.79. The number of rotatable bonds is 8. The molecule has 0 radical (unpaired) electrons. The molecule has 2 saturated carbocycles. The maximum atomic E-state index is 12.6. The smallest absolute Gasteiger partial charge is 0.150 e. The average Bonchev–Trinajstić information content (AvgIpc) is 2.57. The van der Waals surface area contributed by atoms with Crippen LogP contribution in [0.25, 0.3) is 0 Å². The Morgan fingerprint density at radius 3 is 2.19 bits per heavy atom. The molecule has 27 heavy (non-hydrogen) atoms. The Balaban J connectivity index is 1.30. The lowest BCUT2D eigenvalue weighted by Gasteiger charge is -2.32. The summed E-state index contributed by atoms with van der Waals surface area (Å²) in [7, 11) is -2.94. The highest BCUT2D eigenvalue weighted by Crippen LogP contribution is 2.34. The molecule has 150 valence electrons. The highest BCUT2D eigenvalue weighted by Gasteiger charge is 2.32. The molecule has 5 heteroatoms. The number of benzene rings is 1. The van der Waals surface area contributed by atoms with Crippen molar-refractivity contribution in [3.05, 3.63) is 29.8 Å². The predicted octanol–water partition coefficient (Wildman–Crippen LogP) is 4.20. The molecule has 0 spiro atoms. The minimum Gasteiger partial charge on any atom is -0.493 e. The third kappa shape index (κ3) is 5.05. The summed E-state index contributed by atoms with van der Waals surface area (Å²) in [5.74, 6) is 3.22. The second kappa shape index (κ2) is 8.52. The van der Waals surface area contributed by atoms with Gasteiger partial charge < -0.3 is 9.47 Å². The van der Waals surface area contributed by atoms with Crippen LogP contribution >= 0.6 is 0 Å². The number of sulfone groups is 1. The van der Waals surface area contributed by atoms with Gasteiger partial charge >= 0.3 is 0 Å².